The first-order valence-electron chi connectivity index (χ1n) is 5.48. The first kappa shape index (κ1) is 10.1. The van der Waals surface area contributed by atoms with Crippen LogP contribution in [0.5, 0.6) is 0 Å². The molecule has 1 aliphatic heterocycles. The highest BCUT2D eigenvalue weighted by Gasteiger charge is 2.72. The molecule has 3 rings (SSSR count). The minimum absolute atomic E-state index is 0.0619. The third-order valence-electron chi connectivity index (χ3n) is 5.21. The van der Waals surface area contributed by atoms with Crippen LogP contribution in [0.25, 0.3) is 0 Å². The zero-order chi connectivity index (χ0) is 11.1. The van der Waals surface area contributed by atoms with E-state index in [0.29, 0.717) is 0 Å². The highest BCUT2D eigenvalue weighted by molar-refractivity contribution is 7.89. The van der Waals surface area contributed by atoms with Crippen molar-refractivity contribution >= 4 is 10.0 Å². The van der Waals surface area contributed by atoms with Gasteiger partial charge in [0.15, 0.2) is 0 Å². The number of fused-ring (bicyclic) bond motifs is 1. The quantitative estimate of drug-likeness (QED) is 0.620. The van der Waals surface area contributed by atoms with E-state index in [2.05, 4.69) is 18.6 Å². The van der Waals surface area contributed by atoms with Gasteiger partial charge in [-0.2, -0.15) is 0 Å². The number of aliphatic hydroxyl groups excluding tert-OH is 1. The fourth-order valence-corrected chi connectivity index (χ4v) is 6.49. The minimum atomic E-state index is -3.16. The molecule has 0 aromatic heterocycles. The number of sulfonamides is 1. The van der Waals surface area contributed by atoms with Crippen LogP contribution in [0, 0.1) is 16.7 Å². The normalized spacial score (nSPS) is 54.5. The van der Waals surface area contributed by atoms with Crippen LogP contribution in [0.4, 0.5) is 0 Å². The molecule has 2 N–H and O–H groups in total. The van der Waals surface area contributed by atoms with E-state index in [1.165, 1.54) is 0 Å². The maximum atomic E-state index is 11.6. The van der Waals surface area contributed by atoms with Crippen molar-refractivity contribution < 1.29 is 13.5 Å². The molecule has 86 valence electrons. The van der Waals surface area contributed by atoms with E-state index in [1.807, 2.05) is 0 Å². The average Bonchev–Trinajstić information content (AvgIpc) is 2.54. The summed E-state index contributed by atoms with van der Waals surface area (Å²) >= 11 is 0. The van der Waals surface area contributed by atoms with Crippen molar-refractivity contribution in [3.8, 4) is 0 Å². The third-order valence-corrected chi connectivity index (χ3v) is 6.72. The predicted octanol–water partition coefficient (Wildman–Crippen LogP) is 0.0851. The molecule has 0 amide bonds. The lowest BCUT2D eigenvalue weighted by Gasteiger charge is -2.35. The van der Waals surface area contributed by atoms with E-state index in [4.69, 9.17) is 0 Å². The van der Waals surface area contributed by atoms with Gasteiger partial charge in [-0.1, -0.05) is 13.8 Å². The summed E-state index contributed by atoms with van der Waals surface area (Å²) in [6, 6.07) is -0.240. The highest BCUT2D eigenvalue weighted by atomic mass is 32.2. The van der Waals surface area contributed by atoms with Crippen molar-refractivity contribution in [2.24, 2.45) is 16.7 Å². The smallest absolute Gasteiger partial charge is 0.212 e. The third kappa shape index (κ3) is 0.929. The van der Waals surface area contributed by atoms with Crippen LogP contribution in [-0.4, -0.2) is 31.4 Å². The zero-order valence-corrected chi connectivity index (χ0v) is 9.84. The first-order valence-corrected chi connectivity index (χ1v) is 7.13. The Balaban J connectivity index is 2.16. The molecule has 0 radical (unpaired) electrons. The summed E-state index contributed by atoms with van der Waals surface area (Å²) in [7, 11) is -3.16. The Morgan fingerprint density at radius 2 is 2.07 bits per heavy atom. The topological polar surface area (TPSA) is 66.4 Å². The lowest BCUT2D eigenvalue weighted by molar-refractivity contribution is 0.0744. The molecule has 2 aliphatic carbocycles. The lowest BCUT2D eigenvalue weighted by atomic mass is 9.69. The van der Waals surface area contributed by atoms with Gasteiger partial charge in [0.05, 0.1) is 17.9 Å². The van der Waals surface area contributed by atoms with Gasteiger partial charge in [0.25, 0.3) is 0 Å². The summed E-state index contributed by atoms with van der Waals surface area (Å²) in [5.74, 6) is 0.455. The molecule has 15 heavy (non-hydrogen) atoms. The standard InChI is InChI=1S/C10H17NO3S/c1-9(2)6-3-4-10(9)5-15(13,14)11-8(10)7(6)12/h6-8,11-12H,3-5H2,1-2H3/t6-,7+,8+,10+/m0/s1. The Labute approximate surface area is 90.1 Å². The summed E-state index contributed by atoms with van der Waals surface area (Å²) in [6.07, 6.45) is 1.39. The Kier molecular flexibility index (Phi) is 1.62. The molecule has 3 fully saturated rings. The zero-order valence-electron chi connectivity index (χ0n) is 9.03. The maximum Gasteiger partial charge on any atom is 0.212 e. The summed E-state index contributed by atoms with van der Waals surface area (Å²) in [6.45, 7) is 4.22. The van der Waals surface area contributed by atoms with Gasteiger partial charge in [-0.3, -0.25) is 0 Å². The van der Waals surface area contributed by atoms with E-state index in [1.54, 1.807) is 0 Å². The van der Waals surface area contributed by atoms with Gasteiger partial charge in [-0.05, 0) is 24.2 Å². The summed E-state index contributed by atoms with van der Waals surface area (Å²) in [5.41, 5.74) is -0.288. The van der Waals surface area contributed by atoms with Crippen molar-refractivity contribution in [1.82, 2.24) is 4.72 Å². The molecule has 1 saturated heterocycles. The molecule has 1 heterocycles. The second kappa shape index (κ2) is 2.41. The molecule has 1 spiro atoms. The summed E-state index contributed by atoms with van der Waals surface area (Å²) < 4.78 is 25.9. The van der Waals surface area contributed by atoms with Crippen LogP contribution in [0.15, 0.2) is 0 Å². The first-order chi connectivity index (χ1) is 6.80. The second-order valence-electron chi connectivity index (χ2n) is 5.87. The van der Waals surface area contributed by atoms with Crippen molar-refractivity contribution in [2.75, 3.05) is 5.75 Å². The number of nitrogens with one attached hydrogen (secondary N) is 1. The molecule has 4 atom stereocenters. The van der Waals surface area contributed by atoms with Crippen LogP contribution >= 0.6 is 0 Å². The molecular weight excluding hydrogens is 214 g/mol. The monoisotopic (exact) mass is 231 g/mol. The Bertz CT molecular complexity index is 416. The number of hydrogen-bond acceptors (Lipinski definition) is 3. The average molecular weight is 231 g/mol. The summed E-state index contributed by atoms with van der Waals surface area (Å²) in [4.78, 5) is 0. The molecule has 0 aromatic rings. The lowest BCUT2D eigenvalue weighted by Crippen LogP contribution is -2.45. The Morgan fingerprint density at radius 1 is 1.40 bits per heavy atom. The van der Waals surface area contributed by atoms with Crippen LogP contribution in [0.2, 0.25) is 0 Å². The van der Waals surface area contributed by atoms with E-state index >= 15 is 0 Å². The van der Waals surface area contributed by atoms with Crippen molar-refractivity contribution in [1.29, 1.82) is 0 Å². The SMILES string of the molecule is CC1(C)[C@H]2CC[C@]13CS(=O)(=O)N[C@@H]3[C@@H]2O. The number of hydrogen-bond donors (Lipinski definition) is 2. The van der Waals surface area contributed by atoms with E-state index < -0.39 is 16.1 Å². The van der Waals surface area contributed by atoms with Crippen LogP contribution in [0.3, 0.4) is 0 Å². The summed E-state index contributed by atoms with van der Waals surface area (Å²) in [5, 5.41) is 10.1. The molecular formula is C10H17NO3S. The van der Waals surface area contributed by atoms with Gasteiger partial charge in [-0.15, -0.1) is 0 Å². The van der Waals surface area contributed by atoms with Gasteiger partial charge >= 0.3 is 0 Å². The van der Waals surface area contributed by atoms with E-state index in [-0.39, 0.29) is 28.5 Å². The van der Waals surface area contributed by atoms with Gasteiger partial charge in [0.2, 0.25) is 10.0 Å². The fraction of sp³-hybridized carbons (Fsp3) is 1.00. The largest absolute Gasteiger partial charge is 0.391 e. The van der Waals surface area contributed by atoms with Crippen LogP contribution in [0.1, 0.15) is 26.7 Å². The van der Waals surface area contributed by atoms with Gasteiger partial charge in [-0.25, -0.2) is 13.1 Å². The molecule has 3 aliphatic rings. The second-order valence-corrected chi connectivity index (χ2v) is 7.62. The van der Waals surface area contributed by atoms with Crippen molar-refractivity contribution in [2.45, 2.75) is 38.8 Å². The van der Waals surface area contributed by atoms with Crippen LogP contribution in [-0.2, 0) is 10.0 Å². The van der Waals surface area contributed by atoms with Gasteiger partial charge in [0, 0.05) is 5.41 Å². The molecule has 2 saturated carbocycles. The van der Waals surface area contributed by atoms with Gasteiger partial charge in [0.1, 0.15) is 0 Å². The predicted molar refractivity (Wildman–Crippen MR) is 55.7 cm³/mol. The Morgan fingerprint density at radius 3 is 2.67 bits per heavy atom. The van der Waals surface area contributed by atoms with Gasteiger partial charge < -0.3 is 5.11 Å². The molecule has 0 aromatic carbocycles. The van der Waals surface area contributed by atoms with Crippen molar-refractivity contribution in [3.05, 3.63) is 0 Å². The van der Waals surface area contributed by atoms with E-state index in [0.717, 1.165) is 12.8 Å². The molecule has 0 unspecified atom stereocenters. The number of rotatable bonds is 0. The molecule has 5 heteroatoms. The van der Waals surface area contributed by atoms with E-state index in [9.17, 15) is 13.5 Å². The maximum absolute atomic E-state index is 11.6. The highest BCUT2D eigenvalue weighted by Crippen LogP contribution is 2.67. The molecule has 2 bridgehead atoms. The Hall–Kier alpha value is -0.130. The van der Waals surface area contributed by atoms with Crippen molar-refractivity contribution in [3.63, 3.8) is 0 Å². The minimum Gasteiger partial charge on any atom is -0.391 e. The fourth-order valence-electron chi connectivity index (χ4n) is 4.28. The molecule has 4 nitrogen and oxygen atoms in total. The number of aliphatic hydroxyl groups is 1. The van der Waals surface area contributed by atoms with Crippen LogP contribution < -0.4 is 4.72 Å².